The number of fused-ring (bicyclic) bond motifs is 3. The first-order valence-corrected chi connectivity index (χ1v) is 15.4. The summed E-state index contributed by atoms with van der Waals surface area (Å²) in [5, 5.41) is 0.600. The van der Waals surface area contributed by atoms with Crippen molar-refractivity contribution in [1.82, 2.24) is 19.8 Å². The molecule has 0 radical (unpaired) electrons. The zero-order valence-electron chi connectivity index (χ0n) is 24.7. The largest absolute Gasteiger partial charge is 0.462 e. The molecular weight excluding hydrogens is 543 g/mol. The van der Waals surface area contributed by atoms with E-state index < -0.39 is 0 Å². The molecule has 43 heavy (non-hydrogen) atoms. The maximum absolute atomic E-state index is 16.7. The van der Waals surface area contributed by atoms with Gasteiger partial charge in [0.25, 0.3) is 0 Å². The van der Waals surface area contributed by atoms with Crippen LogP contribution >= 0.6 is 0 Å². The number of halogens is 1. The fourth-order valence-corrected chi connectivity index (χ4v) is 7.49. The molecule has 2 aromatic carbocycles. The highest BCUT2D eigenvalue weighted by molar-refractivity contribution is 5.94. The second-order valence-electron chi connectivity index (χ2n) is 12.5. The molecule has 2 saturated heterocycles. The van der Waals surface area contributed by atoms with Gasteiger partial charge in [-0.3, -0.25) is 4.79 Å². The molecule has 2 aliphatic carbocycles. The minimum absolute atomic E-state index is 0.153. The summed E-state index contributed by atoms with van der Waals surface area (Å²) in [6.45, 7) is 14.0. The van der Waals surface area contributed by atoms with Crippen molar-refractivity contribution in [2.45, 2.75) is 56.0 Å². The first-order valence-electron chi connectivity index (χ1n) is 15.4. The fraction of sp³-hybridized carbons (Fsp3) is 0.471. The van der Waals surface area contributed by atoms with Gasteiger partial charge in [0.2, 0.25) is 12.5 Å². The highest BCUT2D eigenvalue weighted by Gasteiger charge is 2.49. The molecule has 1 spiro atoms. The molecule has 4 aliphatic rings. The molecular formula is C34H37FN6O2. The van der Waals surface area contributed by atoms with Gasteiger partial charge in [-0.2, -0.15) is 9.97 Å². The Morgan fingerprint density at radius 1 is 1.16 bits per heavy atom. The lowest BCUT2D eigenvalue weighted by Gasteiger charge is -2.39. The molecule has 0 unspecified atom stereocenters. The van der Waals surface area contributed by atoms with E-state index in [1.54, 1.807) is 4.90 Å². The smallest absolute Gasteiger partial charge is 0.319 e. The average molecular weight is 581 g/mol. The molecule has 0 N–H and O–H groups in total. The van der Waals surface area contributed by atoms with Crippen molar-refractivity contribution in [3.8, 4) is 17.1 Å². The molecule has 9 heteroatoms. The highest BCUT2D eigenvalue weighted by Crippen LogP contribution is 2.58. The summed E-state index contributed by atoms with van der Waals surface area (Å²) in [6.07, 6.45) is 7.99. The first-order chi connectivity index (χ1) is 20.9. The molecule has 1 amide bonds. The number of amides is 1. The van der Waals surface area contributed by atoms with Gasteiger partial charge in [0.15, 0.2) is 5.82 Å². The molecule has 2 atom stereocenters. The van der Waals surface area contributed by atoms with Crippen LogP contribution in [0.4, 0.5) is 10.2 Å². The third kappa shape index (κ3) is 4.82. The van der Waals surface area contributed by atoms with E-state index in [-0.39, 0.29) is 41.9 Å². The number of anilines is 1. The van der Waals surface area contributed by atoms with Crippen molar-refractivity contribution >= 4 is 22.6 Å². The van der Waals surface area contributed by atoms with Crippen LogP contribution in [0.2, 0.25) is 0 Å². The van der Waals surface area contributed by atoms with Crippen LogP contribution in [0.15, 0.2) is 43.0 Å². The number of carbonyl (C=O) groups is 1. The van der Waals surface area contributed by atoms with Gasteiger partial charge >= 0.3 is 6.01 Å². The summed E-state index contributed by atoms with van der Waals surface area (Å²) in [4.78, 5) is 31.6. The molecule has 3 heterocycles. The number of hydrogen-bond acceptors (Lipinski definition) is 6. The molecule has 3 aromatic rings. The van der Waals surface area contributed by atoms with Crippen molar-refractivity contribution < 1.29 is 13.9 Å². The minimum atomic E-state index is -0.368. The fourth-order valence-electron chi connectivity index (χ4n) is 7.49. The SMILES string of the molecule is [C-]#[N+]C[C@H]1CN(c2nc(OC[C@@H]3CCCN3C)nc3c(F)c(-c4cccc5c4CCC54CC4)ccc23)CCN1C(=O)C=C. The Bertz CT molecular complexity index is 1650. The molecule has 7 rings (SSSR count). The van der Waals surface area contributed by atoms with Gasteiger partial charge in [-0.25, -0.2) is 11.0 Å². The standard InChI is InChI=1S/C34H37FN6O2/c1-4-29(42)41-18-17-40(20-23(41)19-36-2)32-27-11-10-26(24-8-5-9-28-25(24)12-13-34(28)14-15-34)30(35)31(27)37-33(38-32)43-21-22-7-6-16-39(22)3/h4-5,8-11,22-23H,1,6-7,12-21H2,3H3/t22-,23-/m0/s1. The van der Waals surface area contributed by atoms with Crippen LogP contribution in [-0.2, 0) is 16.6 Å². The normalized spacial score (nSPS) is 22.5. The molecule has 0 bridgehead atoms. The summed E-state index contributed by atoms with van der Waals surface area (Å²) in [7, 11) is 2.09. The van der Waals surface area contributed by atoms with Crippen molar-refractivity contribution in [1.29, 1.82) is 0 Å². The number of piperazine rings is 1. The van der Waals surface area contributed by atoms with Crippen molar-refractivity contribution in [2.75, 3.05) is 51.3 Å². The molecule has 1 aromatic heterocycles. The van der Waals surface area contributed by atoms with E-state index in [1.165, 1.54) is 30.0 Å². The number of nitrogens with zero attached hydrogens (tertiary/aromatic N) is 6. The quantitative estimate of drug-likeness (QED) is 0.289. The van der Waals surface area contributed by atoms with Crippen molar-refractivity contribution in [2.24, 2.45) is 0 Å². The Hall–Kier alpha value is -4.03. The van der Waals surface area contributed by atoms with Gasteiger partial charge in [0, 0.05) is 36.6 Å². The number of likely N-dealkylation sites (N-methyl/N-ethyl adjacent to an activating group) is 1. The number of benzene rings is 2. The zero-order chi connectivity index (χ0) is 29.7. The van der Waals surface area contributed by atoms with Crippen LogP contribution in [0, 0.1) is 12.4 Å². The molecule has 3 fully saturated rings. The Labute approximate surface area is 252 Å². The topological polar surface area (TPSA) is 66.2 Å². The number of likely N-dealkylation sites (tertiary alicyclic amines) is 1. The van der Waals surface area contributed by atoms with Gasteiger partial charge in [-0.05, 0) is 86.4 Å². The maximum Gasteiger partial charge on any atom is 0.319 e. The van der Waals surface area contributed by atoms with Gasteiger partial charge in [-0.15, -0.1) is 0 Å². The van der Waals surface area contributed by atoms with E-state index in [4.69, 9.17) is 16.3 Å². The third-order valence-electron chi connectivity index (χ3n) is 10.1. The van der Waals surface area contributed by atoms with Gasteiger partial charge in [0.05, 0.1) is 0 Å². The van der Waals surface area contributed by atoms with Crippen LogP contribution in [0.25, 0.3) is 26.9 Å². The maximum atomic E-state index is 16.7. The first kappa shape index (κ1) is 27.8. The third-order valence-corrected chi connectivity index (χ3v) is 10.1. The van der Waals surface area contributed by atoms with Gasteiger partial charge in [0.1, 0.15) is 24.0 Å². The van der Waals surface area contributed by atoms with E-state index in [9.17, 15) is 4.79 Å². The Morgan fingerprint density at radius 3 is 2.77 bits per heavy atom. The lowest BCUT2D eigenvalue weighted by molar-refractivity contribution is -0.128. The van der Waals surface area contributed by atoms with Crippen LogP contribution < -0.4 is 9.64 Å². The Morgan fingerprint density at radius 2 is 2.02 bits per heavy atom. The predicted octanol–water partition coefficient (Wildman–Crippen LogP) is 5.01. The number of ether oxygens (including phenoxy) is 1. The number of rotatable bonds is 7. The van der Waals surface area contributed by atoms with E-state index in [0.717, 1.165) is 37.8 Å². The van der Waals surface area contributed by atoms with E-state index >= 15 is 4.39 Å². The summed E-state index contributed by atoms with van der Waals surface area (Å²) in [5.41, 5.74) is 4.69. The zero-order valence-corrected chi connectivity index (χ0v) is 24.7. The van der Waals surface area contributed by atoms with Crippen LogP contribution in [-0.4, -0.2) is 84.1 Å². The van der Waals surface area contributed by atoms with Gasteiger partial charge in [-0.1, -0.05) is 30.8 Å². The number of carbonyl (C=O) groups excluding carboxylic acids is 1. The molecule has 2 aliphatic heterocycles. The lowest BCUT2D eigenvalue weighted by Crippen LogP contribution is -2.56. The Balaban J connectivity index is 1.30. The summed E-state index contributed by atoms with van der Waals surface area (Å²) < 4.78 is 22.9. The van der Waals surface area contributed by atoms with E-state index in [2.05, 4.69) is 40.5 Å². The van der Waals surface area contributed by atoms with Crippen molar-refractivity contribution in [3.05, 3.63) is 71.3 Å². The lowest BCUT2D eigenvalue weighted by atomic mass is 9.92. The monoisotopic (exact) mass is 580 g/mol. The summed E-state index contributed by atoms with van der Waals surface area (Å²) in [5.74, 6) is 0.0121. The van der Waals surface area contributed by atoms with Crippen LogP contribution in [0.5, 0.6) is 6.01 Å². The van der Waals surface area contributed by atoms with Crippen LogP contribution in [0.1, 0.15) is 43.2 Å². The number of hydrogen-bond donors (Lipinski definition) is 0. The predicted molar refractivity (Wildman–Crippen MR) is 165 cm³/mol. The Kier molecular flexibility index (Phi) is 7.05. The average Bonchev–Trinajstić information content (AvgIpc) is 3.56. The molecule has 222 valence electrons. The molecule has 8 nitrogen and oxygen atoms in total. The summed E-state index contributed by atoms with van der Waals surface area (Å²) in [6, 6.07) is 10.2. The minimum Gasteiger partial charge on any atom is -0.462 e. The summed E-state index contributed by atoms with van der Waals surface area (Å²) >= 11 is 0. The van der Waals surface area contributed by atoms with Crippen molar-refractivity contribution in [3.63, 3.8) is 0 Å². The van der Waals surface area contributed by atoms with Crippen LogP contribution in [0.3, 0.4) is 0 Å². The van der Waals surface area contributed by atoms with E-state index in [1.807, 2.05) is 23.1 Å². The number of aromatic nitrogens is 2. The van der Waals surface area contributed by atoms with Gasteiger partial charge < -0.3 is 24.3 Å². The van der Waals surface area contributed by atoms with E-state index in [0.29, 0.717) is 48.4 Å². The molecule has 1 saturated carbocycles. The second kappa shape index (κ2) is 10.9. The second-order valence-corrected chi connectivity index (χ2v) is 12.5. The highest BCUT2D eigenvalue weighted by atomic mass is 19.1.